The number of rotatable bonds is 6. The van der Waals surface area contributed by atoms with Crippen LogP contribution in [-0.4, -0.2) is 50.5 Å². The van der Waals surface area contributed by atoms with Crippen LogP contribution in [0.2, 0.25) is 0 Å². The third-order valence-corrected chi connectivity index (χ3v) is 6.37. The van der Waals surface area contributed by atoms with Gasteiger partial charge in [0.2, 0.25) is 5.91 Å². The number of nitrogens with one attached hydrogen (secondary N) is 2. The van der Waals surface area contributed by atoms with Crippen LogP contribution in [0.3, 0.4) is 0 Å². The molecule has 0 bridgehead atoms. The van der Waals surface area contributed by atoms with Gasteiger partial charge >= 0.3 is 0 Å². The predicted molar refractivity (Wildman–Crippen MR) is 101 cm³/mol. The molecule has 4 aliphatic rings. The molecule has 5 nitrogen and oxygen atoms in total. The fraction of sp³-hybridized carbons (Fsp3) is 0.762. The molecule has 3 aliphatic carbocycles. The first kappa shape index (κ1) is 18.2. The summed E-state index contributed by atoms with van der Waals surface area (Å²) in [6.07, 6.45) is 14.3. The van der Waals surface area contributed by atoms with E-state index in [1.165, 1.54) is 24.8 Å². The van der Waals surface area contributed by atoms with Crippen LogP contribution in [-0.2, 0) is 14.3 Å². The first-order valence-electron chi connectivity index (χ1n) is 10.3. The first-order chi connectivity index (χ1) is 12.7. The molecule has 0 radical (unpaired) electrons. The maximum absolute atomic E-state index is 12.8. The molecule has 1 heterocycles. The maximum Gasteiger partial charge on any atom is 0.230 e. The van der Waals surface area contributed by atoms with Crippen molar-refractivity contribution in [3.05, 3.63) is 23.8 Å². The molecule has 4 unspecified atom stereocenters. The van der Waals surface area contributed by atoms with Gasteiger partial charge in [-0.3, -0.25) is 4.79 Å². The summed E-state index contributed by atoms with van der Waals surface area (Å²) in [5, 5.41) is 7.02. The topological polar surface area (TPSA) is 59.6 Å². The van der Waals surface area contributed by atoms with Gasteiger partial charge in [0.1, 0.15) is 0 Å². The molecule has 4 atom stereocenters. The molecular weight excluding hydrogens is 328 g/mol. The zero-order valence-corrected chi connectivity index (χ0v) is 15.8. The van der Waals surface area contributed by atoms with Crippen LogP contribution in [0, 0.1) is 11.8 Å². The largest absolute Gasteiger partial charge is 0.381 e. The fourth-order valence-electron chi connectivity index (χ4n) is 4.66. The van der Waals surface area contributed by atoms with Crippen molar-refractivity contribution in [1.29, 1.82) is 0 Å². The van der Waals surface area contributed by atoms with E-state index in [-0.39, 0.29) is 17.9 Å². The van der Waals surface area contributed by atoms with Crippen molar-refractivity contribution in [3.63, 3.8) is 0 Å². The zero-order valence-electron chi connectivity index (χ0n) is 15.8. The Morgan fingerprint density at radius 1 is 1.15 bits per heavy atom. The van der Waals surface area contributed by atoms with E-state index in [4.69, 9.17) is 9.47 Å². The molecule has 2 N–H and O–H groups in total. The molecular formula is C21H32N2O3. The summed E-state index contributed by atoms with van der Waals surface area (Å²) in [5.74, 6) is 0.457. The van der Waals surface area contributed by atoms with Gasteiger partial charge in [-0.2, -0.15) is 0 Å². The van der Waals surface area contributed by atoms with Crippen LogP contribution in [0.1, 0.15) is 44.9 Å². The average molecular weight is 360 g/mol. The van der Waals surface area contributed by atoms with E-state index in [9.17, 15) is 4.79 Å². The van der Waals surface area contributed by atoms with Crippen molar-refractivity contribution < 1.29 is 14.3 Å². The Labute approximate surface area is 156 Å². The molecule has 26 heavy (non-hydrogen) atoms. The smallest absolute Gasteiger partial charge is 0.230 e. The highest BCUT2D eigenvalue weighted by Gasteiger charge is 2.42. The molecule has 0 aromatic rings. The number of hydrogen-bond donors (Lipinski definition) is 2. The summed E-state index contributed by atoms with van der Waals surface area (Å²) < 4.78 is 11.0. The second kappa shape index (κ2) is 8.24. The summed E-state index contributed by atoms with van der Waals surface area (Å²) >= 11 is 0. The van der Waals surface area contributed by atoms with E-state index in [0.717, 1.165) is 38.9 Å². The Kier molecular flexibility index (Phi) is 5.77. The molecule has 2 saturated carbocycles. The summed E-state index contributed by atoms with van der Waals surface area (Å²) in [7, 11) is 1.69. The van der Waals surface area contributed by atoms with E-state index in [1.54, 1.807) is 7.11 Å². The number of methoxy groups -OCH3 is 1. The summed E-state index contributed by atoms with van der Waals surface area (Å²) in [5.41, 5.74) is 1.30. The van der Waals surface area contributed by atoms with E-state index in [2.05, 4.69) is 28.9 Å². The Bertz CT molecular complexity index is 562. The van der Waals surface area contributed by atoms with Crippen molar-refractivity contribution in [3.8, 4) is 0 Å². The number of allylic oxidation sites excluding steroid dienone is 1. The minimum absolute atomic E-state index is 0.125. The van der Waals surface area contributed by atoms with Gasteiger partial charge in [-0.1, -0.05) is 31.1 Å². The van der Waals surface area contributed by atoms with Gasteiger partial charge in [-0.05, 0) is 37.7 Å². The van der Waals surface area contributed by atoms with Crippen LogP contribution in [0.5, 0.6) is 0 Å². The monoisotopic (exact) mass is 360 g/mol. The minimum Gasteiger partial charge on any atom is -0.381 e. The number of carbonyl (C=O) groups is 1. The van der Waals surface area contributed by atoms with E-state index < -0.39 is 0 Å². The molecule has 1 saturated heterocycles. The van der Waals surface area contributed by atoms with Gasteiger partial charge in [0, 0.05) is 44.4 Å². The first-order valence-corrected chi connectivity index (χ1v) is 10.3. The molecule has 5 heteroatoms. The van der Waals surface area contributed by atoms with Crippen molar-refractivity contribution in [2.24, 2.45) is 11.8 Å². The van der Waals surface area contributed by atoms with Gasteiger partial charge in [0.05, 0.1) is 12.0 Å². The molecule has 0 aromatic carbocycles. The summed E-state index contributed by atoms with van der Waals surface area (Å²) in [6.45, 7) is 1.74. The SMILES string of the molecule is COC1C=CC(C2CC2NC2CCOCC2)=CC1C(=O)NC1CCCC1. The Balaban J connectivity index is 1.36. The van der Waals surface area contributed by atoms with Gasteiger partial charge in [0.15, 0.2) is 0 Å². The second-order valence-corrected chi connectivity index (χ2v) is 8.24. The van der Waals surface area contributed by atoms with Gasteiger partial charge in [0.25, 0.3) is 0 Å². The quantitative estimate of drug-likeness (QED) is 0.763. The Morgan fingerprint density at radius 2 is 1.92 bits per heavy atom. The lowest BCUT2D eigenvalue weighted by Crippen LogP contribution is -2.42. The number of carbonyl (C=O) groups excluding carboxylic acids is 1. The lowest BCUT2D eigenvalue weighted by Gasteiger charge is -2.26. The van der Waals surface area contributed by atoms with Crippen molar-refractivity contribution in [2.45, 2.75) is 69.2 Å². The normalized spacial score (nSPS) is 35.3. The molecule has 0 spiro atoms. The number of ether oxygens (including phenoxy) is 2. The predicted octanol–water partition coefficient (Wildman–Crippen LogP) is 2.33. The highest BCUT2D eigenvalue weighted by molar-refractivity contribution is 5.82. The molecule has 0 aromatic heterocycles. The Hall–Kier alpha value is -1.17. The van der Waals surface area contributed by atoms with Crippen LogP contribution >= 0.6 is 0 Å². The Morgan fingerprint density at radius 3 is 2.65 bits per heavy atom. The van der Waals surface area contributed by atoms with Gasteiger partial charge < -0.3 is 20.1 Å². The molecule has 1 aliphatic heterocycles. The standard InChI is InChI=1S/C21H32N2O3/c1-25-20-7-6-14(12-18(20)21(24)23-15-4-2-3-5-15)17-13-19(17)22-16-8-10-26-11-9-16/h6-7,12,15-20,22H,2-5,8-11,13H2,1H3,(H,23,24). The lowest BCUT2D eigenvalue weighted by atomic mass is 9.90. The van der Waals surface area contributed by atoms with E-state index in [1.807, 2.05) is 0 Å². The number of hydrogen-bond acceptors (Lipinski definition) is 4. The van der Waals surface area contributed by atoms with Crippen molar-refractivity contribution in [2.75, 3.05) is 20.3 Å². The molecule has 4 rings (SSSR count). The highest BCUT2D eigenvalue weighted by atomic mass is 16.5. The van der Waals surface area contributed by atoms with Crippen LogP contribution in [0.15, 0.2) is 23.8 Å². The van der Waals surface area contributed by atoms with E-state index >= 15 is 0 Å². The molecule has 1 amide bonds. The second-order valence-electron chi connectivity index (χ2n) is 8.24. The van der Waals surface area contributed by atoms with Crippen LogP contribution < -0.4 is 10.6 Å². The minimum atomic E-state index is -0.204. The maximum atomic E-state index is 12.8. The average Bonchev–Trinajstić information content (AvgIpc) is 3.24. The fourth-order valence-corrected chi connectivity index (χ4v) is 4.66. The highest BCUT2D eigenvalue weighted by Crippen LogP contribution is 2.41. The van der Waals surface area contributed by atoms with E-state index in [0.29, 0.717) is 24.0 Å². The van der Waals surface area contributed by atoms with Crippen LogP contribution in [0.4, 0.5) is 0 Å². The van der Waals surface area contributed by atoms with Crippen LogP contribution in [0.25, 0.3) is 0 Å². The molecule has 3 fully saturated rings. The third kappa shape index (κ3) is 4.21. The number of amides is 1. The van der Waals surface area contributed by atoms with Gasteiger partial charge in [-0.15, -0.1) is 0 Å². The van der Waals surface area contributed by atoms with Crippen molar-refractivity contribution in [1.82, 2.24) is 10.6 Å². The van der Waals surface area contributed by atoms with Crippen molar-refractivity contribution >= 4 is 5.91 Å². The summed E-state index contributed by atoms with van der Waals surface area (Å²) in [6, 6.07) is 1.48. The zero-order chi connectivity index (χ0) is 17.9. The lowest BCUT2D eigenvalue weighted by molar-refractivity contribution is -0.127. The van der Waals surface area contributed by atoms with Gasteiger partial charge in [-0.25, -0.2) is 0 Å². The summed E-state index contributed by atoms with van der Waals surface area (Å²) in [4.78, 5) is 12.8. The third-order valence-electron chi connectivity index (χ3n) is 6.37. The molecule has 144 valence electrons.